The first-order chi connectivity index (χ1) is 8.25. The molecule has 2 aromatic rings. The number of nitrogens with zero attached hydrogens (tertiary/aromatic N) is 1. The van der Waals surface area contributed by atoms with Gasteiger partial charge in [0.2, 0.25) is 0 Å². The lowest BCUT2D eigenvalue weighted by Gasteiger charge is -2.06. The second kappa shape index (κ2) is 5.64. The van der Waals surface area contributed by atoms with Crippen LogP contribution in [0.4, 0.5) is 4.39 Å². The summed E-state index contributed by atoms with van der Waals surface area (Å²) in [5, 5.41) is 0.0991. The molecule has 4 heteroatoms. The number of hydrogen-bond acceptors (Lipinski definition) is 2. The summed E-state index contributed by atoms with van der Waals surface area (Å²) in [4.78, 5) is 4.17. The van der Waals surface area contributed by atoms with E-state index >= 15 is 0 Å². The Balaban J connectivity index is 1.88. The summed E-state index contributed by atoms with van der Waals surface area (Å²) in [6.07, 6.45) is 2.42. The van der Waals surface area contributed by atoms with Crippen LogP contribution in [0.5, 0.6) is 5.75 Å². The molecule has 0 atom stereocenters. The fraction of sp³-hybridized carbons (Fsp3) is 0.154. The molecule has 0 saturated heterocycles. The molecule has 88 valence electrons. The van der Waals surface area contributed by atoms with Crippen LogP contribution >= 0.6 is 11.6 Å². The van der Waals surface area contributed by atoms with Crippen LogP contribution in [-0.4, -0.2) is 11.6 Å². The smallest absolute Gasteiger partial charge is 0.145 e. The fourth-order valence-corrected chi connectivity index (χ4v) is 1.50. The van der Waals surface area contributed by atoms with E-state index in [1.165, 1.54) is 12.1 Å². The molecule has 1 heterocycles. The third-order valence-electron chi connectivity index (χ3n) is 2.24. The van der Waals surface area contributed by atoms with Gasteiger partial charge in [0, 0.05) is 24.4 Å². The number of aromatic nitrogens is 1. The van der Waals surface area contributed by atoms with Crippen LogP contribution in [0.1, 0.15) is 5.69 Å². The van der Waals surface area contributed by atoms with Gasteiger partial charge in [-0.25, -0.2) is 4.39 Å². The van der Waals surface area contributed by atoms with E-state index in [2.05, 4.69) is 4.98 Å². The van der Waals surface area contributed by atoms with Gasteiger partial charge in [0.1, 0.15) is 11.6 Å². The van der Waals surface area contributed by atoms with Gasteiger partial charge in [-0.05, 0) is 24.3 Å². The number of rotatable bonds is 4. The largest absolute Gasteiger partial charge is 0.493 e. The van der Waals surface area contributed by atoms with Crippen molar-refractivity contribution < 1.29 is 9.13 Å². The van der Waals surface area contributed by atoms with Crippen LogP contribution in [0.15, 0.2) is 42.6 Å². The molecule has 0 aliphatic carbocycles. The standard InChI is InChI=1S/C13H11ClFNO/c14-12-5-4-11(9-13(12)15)17-8-6-10-3-1-2-7-16-10/h1-5,7,9H,6,8H2. The Kier molecular flexibility index (Phi) is 3.94. The molecular weight excluding hydrogens is 241 g/mol. The maximum atomic E-state index is 13.1. The number of pyridine rings is 1. The van der Waals surface area contributed by atoms with Gasteiger partial charge in [-0.2, -0.15) is 0 Å². The van der Waals surface area contributed by atoms with Crippen molar-refractivity contribution in [1.29, 1.82) is 0 Å². The molecule has 0 amide bonds. The van der Waals surface area contributed by atoms with Gasteiger partial charge >= 0.3 is 0 Å². The van der Waals surface area contributed by atoms with Crippen molar-refractivity contribution in [1.82, 2.24) is 4.98 Å². The molecule has 0 fully saturated rings. The van der Waals surface area contributed by atoms with Crippen molar-refractivity contribution >= 4 is 11.6 Å². The van der Waals surface area contributed by atoms with Crippen LogP contribution in [0, 0.1) is 5.82 Å². The van der Waals surface area contributed by atoms with Gasteiger partial charge in [-0.3, -0.25) is 4.98 Å². The molecule has 17 heavy (non-hydrogen) atoms. The van der Waals surface area contributed by atoms with E-state index in [1.807, 2.05) is 18.2 Å². The molecule has 1 aromatic heterocycles. The lowest BCUT2D eigenvalue weighted by molar-refractivity contribution is 0.319. The molecule has 0 radical (unpaired) electrons. The molecule has 0 unspecified atom stereocenters. The maximum Gasteiger partial charge on any atom is 0.145 e. The predicted molar refractivity (Wildman–Crippen MR) is 64.8 cm³/mol. The topological polar surface area (TPSA) is 22.1 Å². The van der Waals surface area contributed by atoms with Crippen LogP contribution in [0.3, 0.4) is 0 Å². The van der Waals surface area contributed by atoms with E-state index in [0.717, 1.165) is 5.69 Å². The molecule has 2 nitrogen and oxygen atoms in total. The summed E-state index contributed by atoms with van der Waals surface area (Å²) in [5.41, 5.74) is 0.946. The quantitative estimate of drug-likeness (QED) is 0.830. The molecule has 0 N–H and O–H groups in total. The van der Waals surface area contributed by atoms with Gasteiger partial charge in [0.05, 0.1) is 11.6 Å². The van der Waals surface area contributed by atoms with E-state index in [1.54, 1.807) is 12.3 Å². The van der Waals surface area contributed by atoms with E-state index in [-0.39, 0.29) is 5.02 Å². The highest BCUT2D eigenvalue weighted by molar-refractivity contribution is 6.30. The Bertz CT molecular complexity index is 490. The van der Waals surface area contributed by atoms with Crippen molar-refractivity contribution in [3.63, 3.8) is 0 Å². The summed E-state index contributed by atoms with van der Waals surface area (Å²) in [6, 6.07) is 10.1. The van der Waals surface area contributed by atoms with E-state index < -0.39 is 5.82 Å². The summed E-state index contributed by atoms with van der Waals surface area (Å²) in [5.74, 6) is 0.00448. The van der Waals surface area contributed by atoms with Crippen LogP contribution in [-0.2, 0) is 6.42 Å². The van der Waals surface area contributed by atoms with Gasteiger partial charge < -0.3 is 4.74 Å². The van der Waals surface area contributed by atoms with Gasteiger partial charge in [0.25, 0.3) is 0 Å². The molecule has 0 aliphatic rings. The SMILES string of the molecule is Fc1cc(OCCc2ccccn2)ccc1Cl. The van der Waals surface area contributed by atoms with Crippen molar-refractivity contribution in [2.75, 3.05) is 6.61 Å². The first kappa shape index (κ1) is 11.9. The van der Waals surface area contributed by atoms with Gasteiger partial charge in [-0.15, -0.1) is 0 Å². The number of ether oxygens (including phenoxy) is 1. The van der Waals surface area contributed by atoms with Gasteiger partial charge in [0.15, 0.2) is 0 Å². The first-order valence-corrected chi connectivity index (χ1v) is 5.61. The molecule has 0 saturated carbocycles. The highest BCUT2D eigenvalue weighted by atomic mass is 35.5. The summed E-state index contributed by atoms with van der Waals surface area (Å²) in [7, 11) is 0. The Morgan fingerprint density at radius 1 is 1.24 bits per heavy atom. The second-order valence-electron chi connectivity index (χ2n) is 3.50. The lowest BCUT2D eigenvalue weighted by Crippen LogP contribution is -2.02. The Morgan fingerprint density at radius 2 is 2.12 bits per heavy atom. The summed E-state index contributed by atoms with van der Waals surface area (Å²) < 4.78 is 18.5. The zero-order chi connectivity index (χ0) is 12.1. The molecule has 0 bridgehead atoms. The number of benzene rings is 1. The van der Waals surface area contributed by atoms with E-state index in [9.17, 15) is 4.39 Å². The number of halogens is 2. The lowest BCUT2D eigenvalue weighted by atomic mass is 10.3. The maximum absolute atomic E-state index is 13.1. The number of hydrogen-bond donors (Lipinski definition) is 0. The van der Waals surface area contributed by atoms with Crippen molar-refractivity contribution in [2.45, 2.75) is 6.42 Å². The van der Waals surface area contributed by atoms with Crippen LogP contribution in [0.25, 0.3) is 0 Å². The van der Waals surface area contributed by atoms with Crippen molar-refractivity contribution in [2.24, 2.45) is 0 Å². The Labute approximate surface area is 104 Å². The average Bonchev–Trinajstić information content (AvgIpc) is 2.35. The molecule has 1 aromatic carbocycles. The van der Waals surface area contributed by atoms with Gasteiger partial charge in [-0.1, -0.05) is 17.7 Å². The highest BCUT2D eigenvalue weighted by Crippen LogP contribution is 2.20. The molecule has 0 spiro atoms. The van der Waals surface area contributed by atoms with Crippen molar-refractivity contribution in [3.8, 4) is 5.75 Å². The third-order valence-corrected chi connectivity index (χ3v) is 2.55. The average molecular weight is 252 g/mol. The molecule has 2 rings (SSSR count). The predicted octanol–water partition coefficient (Wildman–Crippen LogP) is 3.50. The Hall–Kier alpha value is -1.61. The normalized spacial score (nSPS) is 10.2. The third kappa shape index (κ3) is 3.43. The van der Waals surface area contributed by atoms with Crippen molar-refractivity contribution in [3.05, 3.63) is 59.1 Å². The second-order valence-corrected chi connectivity index (χ2v) is 3.90. The van der Waals surface area contributed by atoms with Crippen LogP contribution in [0.2, 0.25) is 5.02 Å². The zero-order valence-corrected chi connectivity index (χ0v) is 9.82. The monoisotopic (exact) mass is 251 g/mol. The summed E-state index contributed by atoms with van der Waals surface area (Å²) in [6.45, 7) is 0.456. The fourth-order valence-electron chi connectivity index (χ4n) is 1.39. The van der Waals surface area contributed by atoms with E-state index in [0.29, 0.717) is 18.8 Å². The first-order valence-electron chi connectivity index (χ1n) is 5.23. The molecule has 0 aliphatic heterocycles. The highest BCUT2D eigenvalue weighted by Gasteiger charge is 2.01. The minimum Gasteiger partial charge on any atom is -0.493 e. The van der Waals surface area contributed by atoms with E-state index in [4.69, 9.17) is 16.3 Å². The van der Waals surface area contributed by atoms with Crippen LogP contribution < -0.4 is 4.74 Å². The Morgan fingerprint density at radius 3 is 2.82 bits per heavy atom. The minimum atomic E-state index is -0.470. The summed E-state index contributed by atoms with van der Waals surface area (Å²) >= 11 is 5.57. The zero-order valence-electron chi connectivity index (χ0n) is 9.07. The minimum absolute atomic E-state index is 0.0991. The molecular formula is C13H11ClFNO.